The van der Waals surface area contributed by atoms with Gasteiger partial charge < -0.3 is 5.32 Å². The van der Waals surface area contributed by atoms with Crippen LogP contribution in [0.3, 0.4) is 0 Å². The maximum atomic E-state index is 4.00. The van der Waals surface area contributed by atoms with Crippen molar-refractivity contribution in [1.82, 2.24) is 15.3 Å². The summed E-state index contributed by atoms with van der Waals surface area (Å²) < 4.78 is 0. The topological polar surface area (TPSA) is 37.8 Å². The van der Waals surface area contributed by atoms with Gasteiger partial charge in [-0.1, -0.05) is 24.3 Å². The molecule has 1 aliphatic carbocycles. The molecule has 3 heteroatoms. The average molecular weight is 225 g/mol. The molecular weight excluding hydrogens is 210 g/mol. The van der Waals surface area contributed by atoms with Crippen molar-refractivity contribution in [1.29, 1.82) is 0 Å². The zero-order valence-electron chi connectivity index (χ0n) is 9.63. The van der Waals surface area contributed by atoms with Crippen LogP contribution in [0.15, 0.2) is 43.0 Å². The Balaban J connectivity index is 1.51. The Morgan fingerprint density at radius 1 is 1.18 bits per heavy atom. The lowest BCUT2D eigenvalue weighted by atomic mass is 9.77. The van der Waals surface area contributed by atoms with Gasteiger partial charge in [-0.05, 0) is 17.5 Å². The van der Waals surface area contributed by atoms with Gasteiger partial charge in [0.25, 0.3) is 0 Å². The number of nitrogens with one attached hydrogen (secondary N) is 1. The molecule has 3 rings (SSSR count). The lowest BCUT2D eigenvalue weighted by molar-refractivity contribution is 0.535. The summed E-state index contributed by atoms with van der Waals surface area (Å²) in [4.78, 5) is 8.00. The molecule has 0 fully saturated rings. The second kappa shape index (κ2) is 4.63. The molecule has 0 saturated carbocycles. The summed E-state index contributed by atoms with van der Waals surface area (Å²) in [7, 11) is 0. The fourth-order valence-electron chi connectivity index (χ4n) is 2.36. The van der Waals surface area contributed by atoms with Crippen molar-refractivity contribution in [2.45, 2.75) is 18.9 Å². The highest BCUT2D eigenvalue weighted by Crippen LogP contribution is 2.33. The highest BCUT2D eigenvalue weighted by molar-refractivity contribution is 5.40. The maximum Gasteiger partial charge on any atom is 0.115 e. The van der Waals surface area contributed by atoms with Gasteiger partial charge in [-0.2, -0.15) is 0 Å². The molecule has 0 saturated heterocycles. The molecule has 1 aromatic heterocycles. The minimum absolute atomic E-state index is 0.677. The Hall–Kier alpha value is -1.74. The van der Waals surface area contributed by atoms with Crippen molar-refractivity contribution in [3.63, 3.8) is 0 Å². The summed E-state index contributed by atoms with van der Waals surface area (Å²) in [6.45, 7) is 1.88. The summed E-state index contributed by atoms with van der Waals surface area (Å²) in [5.41, 5.74) is 4.15. The largest absolute Gasteiger partial charge is 0.312 e. The third-order valence-electron chi connectivity index (χ3n) is 3.30. The minimum atomic E-state index is 0.677. The summed E-state index contributed by atoms with van der Waals surface area (Å²) in [6.07, 6.45) is 6.48. The molecule has 1 unspecified atom stereocenters. The van der Waals surface area contributed by atoms with Crippen LogP contribution < -0.4 is 5.32 Å². The lowest BCUT2D eigenvalue weighted by Gasteiger charge is -2.30. The number of nitrogens with zero attached hydrogens (tertiary/aromatic N) is 2. The third-order valence-corrected chi connectivity index (χ3v) is 3.30. The zero-order valence-corrected chi connectivity index (χ0v) is 9.63. The first-order chi connectivity index (χ1) is 8.43. The van der Waals surface area contributed by atoms with E-state index in [0.717, 1.165) is 18.7 Å². The zero-order chi connectivity index (χ0) is 11.5. The Bertz CT molecular complexity index is 496. The van der Waals surface area contributed by atoms with Gasteiger partial charge in [0.05, 0.1) is 0 Å². The molecule has 0 radical (unpaired) electrons. The fourth-order valence-corrected chi connectivity index (χ4v) is 2.36. The lowest BCUT2D eigenvalue weighted by Crippen LogP contribution is -2.28. The van der Waals surface area contributed by atoms with Gasteiger partial charge in [-0.25, -0.2) is 9.97 Å². The number of aromatic nitrogens is 2. The van der Waals surface area contributed by atoms with Crippen LogP contribution in [-0.4, -0.2) is 16.5 Å². The Morgan fingerprint density at radius 2 is 2.00 bits per heavy atom. The van der Waals surface area contributed by atoms with E-state index in [2.05, 4.69) is 39.6 Å². The molecule has 1 heterocycles. The van der Waals surface area contributed by atoms with E-state index in [1.165, 1.54) is 17.5 Å². The van der Waals surface area contributed by atoms with Crippen LogP contribution in [0, 0.1) is 0 Å². The van der Waals surface area contributed by atoms with E-state index in [-0.39, 0.29) is 0 Å². The number of hydrogen-bond donors (Lipinski definition) is 1. The molecule has 0 amide bonds. The van der Waals surface area contributed by atoms with E-state index < -0.39 is 0 Å². The van der Waals surface area contributed by atoms with Crippen molar-refractivity contribution in [2.24, 2.45) is 0 Å². The van der Waals surface area contributed by atoms with Crippen molar-refractivity contribution >= 4 is 0 Å². The van der Waals surface area contributed by atoms with E-state index in [1.54, 1.807) is 6.33 Å². The Kier molecular flexibility index (Phi) is 2.84. The van der Waals surface area contributed by atoms with Crippen LogP contribution in [0.1, 0.15) is 22.6 Å². The van der Waals surface area contributed by atoms with Gasteiger partial charge in [0.2, 0.25) is 0 Å². The third kappa shape index (κ3) is 2.19. The standard InChI is InChI=1S/C14H15N3/c1-2-4-14-12(3-1)5-13(14)9-15-6-11-7-16-10-17-8-11/h1-4,7-8,10,13,15H,5-6,9H2. The van der Waals surface area contributed by atoms with E-state index in [1.807, 2.05) is 12.4 Å². The first kappa shape index (κ1) is 10.4. The smallest absolute Gasteiger partial charge is 0.115 e. The van der Waals surface area contributed by atoms with Gasteiger partial charge in [-0.3, -0.25) is 0 Å². The summed E-state index contributed by atoms with van der Waals surface area (Å²) in [5.74, 6) is 0.677. The van der Waals surface area contributed by atoms with Crippen LogP contribution in [0.5, 0.6) is 0 Å². The maximum absolute atomic E-state index is 4.00. The Labute approximate surface area is 101 Å². The highest BCUT2D eigenvalue weighted by atomic mass is 14.9. The van der Waals surface area contributed by atoms with E-state index >= 15 is 0 Å². The van der Waals surface area contributed by atoms with E-state index in [0.29, 0.717) is 5.92 Å². The number of rotatable bonds is 4. The molecule has 2 aromatic rings. The summed E-state index contributed by atoms with van der Waals surface area (Å²) >= 11 is 0. The minimum Gasteiger partial charge on any atom is -0.312 e. The number of hydrogen-bond acceptors (Lipinski definition) is 3. The van der Waals surface area contributed by atoms with Gasteiger partial charge >= 0.3 is 0 Å². The van der Waals surface area contributed by atoms with Crippen LogP contribution in [-0.2, 0) is 13.0 Å². The van der Waals surface area contributed by atoms with Gasteiger partial charge in [0, 0.05) is 37.0 Å². The highest BCUT2D eigenvalue weighted by Gasteiger charge is 2.24. The quantitative estimate of drug-likeness (QED) is 0.863. The summed E-state index contributed by atoms with van der Waals surface area (Å²) in [6, 6.07) is 8.69. The molecule has 1 aromatic carbocycles. The molecule has 3 nitrogen and oxygen atoms in total. The van der Waals surface area contributed by atoms with Crippen LogP contribution in [0.4, 0.5) is 0 Å². The monoisotopic (exact) mass is 225 g/mol. The molecule has 0 spiro atoms. The van der Waals surface area contributed by atoms with Crippen LogP contribution in [0.25, 0.3) is 0 Å². The second-order valence-corrected chi connectivity index (χ2v) is 4.48. The van der Waals surface area contributed by atoms with Crippen molar-refractivity contribution in [3.05, 3.63) is 59.7 Å². The first-order valence-corrected chi connectivity index (χ1v) is 5.96. The normalized spacial score (nSPS) is 17.3. The van der Waals surface area contributed by atoms with Crippen molar-refractivity contribution in [2.75, 3.05) is 6.54 Å². The number of fused-ring (bicyclic) bond motifs is 1. The molecule has 17 heavy (non-hydrogen) atoms. The molecular formula is C14H15N3. The predicted molar refractivity (Wildman–Crippen MR) is 66.6 cm³/mol. The molecule has 86 valence electrons. The Morgan fingerprint density at radius 3 is 2.82 bits per heavy atom. The van der Waals surface area contributed by atoms with Gasteiger partial charge in [0.1, 0.15) is 6.33 Å². The first-order valence-electron chi connectivity index (χ1n) is 5.96. The average Bonchev–Trinajstić information content (AvgIpc) is 2.36. The van der Waals surface area contributed by atoms with Gasteiger partial charge in [0.15, 0.2) is 0 Å². The van der Waals surface area contributed by atoms with Crippen molar-refractivity contribution < 1.29 is 0 Å². The molecule has 0 bridgehead atoms. The molecule has 1 atom stereocenters. The van der Waals surface area contributed by atoms with Gasteiger partial charge in [-0.15, -0.1) is 0 Å². The van der Waals surface area contributed by atoms with E-state index in [9.17, 15) is 0 Å². The fraction of sp³-hybridized carbons (Fsp3) is 0.286. The molecule has 1 aliphatic rings. The second-order valence-electron chi connectivity index (χ2n) is 4.48. The van der Waals surface area contributed by atoms with Crippen LogP contribution >= 0.6 is 0 Å². The molecule has 1 N–H and O–H groups in total. The summed E-state index contributed by atoms with van der Waals surface area (Å²) in [5, 5.41) is 3.46. The SMILES string of the molecule is c1ccc2c(c1)CC2CNCc1cncnc1. The van der Waals surface area contributed by atoms with Crippen LogP contribution in [0.2, 0.25) is 0 Å². The molecule has 0 aliphatic heterocycles. The number of benzene rings is 1. The predicted octanol–water partition coefficient (Wildman–Crippen LogP) is 1.91. The van der Waals surface area contributed by atoms with Crippen molar-refractivity contribution in [3.8, 4) is 0 Å². The van der Waals surface area contributed by atoms with E-state index in [4.69, 9.17) is 0 Å².